The first-order valence-corrected chi connectivity index (χ1v) is 16.1. The standard InChI is InChI=1S/C39H53BN2/c1-12-15-37(32-22-20-30(10)21-23-32)31(11)40-41(38-33(26(2)3)16-13-17-34(38)27(4)5)24-25-42(40)39-35(28(6)7)18-14-19-36(39)29(8)9/h12-14,16-23,26-29H,1,15,24-25H2,2-11H3/b37-31+. The van der Waals surface area contributed by atoms with Crippen LogP contribution in [0.25, 0.3) is 5.57 Å². The molecule has 222 valence electrons. The summed E-state index contributed by atoms with van der Waals surface area (Å²) < 4.78 is 0. The van der Waals surface area contributed by atoms with Gasteiger partial charge in [0.25, 0.3) is 0 Å². The highest BCUT2D eigenvalue weighted by Gasteiger charge is 2.43. The number of nitrogens with zero attached hydrogens (tertiary/aromatic N) is 2. The Hall–Kier alpha value is -3.20. The Morgan fingerprint density at radius 2 is 1.07 bits per heavy atom. The number of hydrogen-bond donors (Lipinski definition) is 0. The van der Waals surface area contributed by atoms with Crippen molar-refractivity contribution in [3.8, 4) is 0 Å². The fraction of sp³-hybridized carbons (Fsp3) is 0.436. The largest absolute Gasteiger partial charge is 0.407 e. The highest BCUT2D eigenvalue weighted by Crippen LogP contribution is 2.44. The molecule has 0 bridgehead atoms. The number of benzene rings is 3. The van der Waals surface area contributed by atoms with Gasteiger partial charge in [0.2, 0.25) is 0 Å². The van der Waals surface area contributed by atoms with E-state index in [9.17, 15) is 0 Å². The van der Waals surface area contributed by atoms with Crippen molar-refractivity contribution in [2.75, 3.05) is 22.7 Å². The van der Waals surface area contributed by atoms with E-state index in [1.165, 1.54) is 55.8 Å². The molecule has 2 nitrogen and oxygen atoms in total. The molecule has 3 aromatic rings. The van der Waals surface area contributed by atoms with E-state index in [0.717, 1.165) is 19.5 Å². The van der Waals surface area contributed by atoms with Crippen LogP contribution in [0.1, 0.15) is 126 Å². The Kier molecular flexibility index (Phi) is 10.1. The Morgan fingerprint density at radius 3 is 1.40 bits per heavy atom. The summed E-state index contributed by atoms with van der Waals surface area (Å²) in [5.41, 5.74) is 14.0. The van der Waals surface area contributed by atoms with Gasteiger partial charge in [-0.2, -0.15) is 0 Å². The maximum atomic E-state index is 4.19. The van der Waals surface area contributed by atoms with Gasteiger partial charge in [0.05, 0.1) is 0 Å². The minimum atomic E-state index is 0.107. The molecule has 42 heavy (non-hydrogen) atoms. The molecule has 1 fully saturated rings. The van der Waals surface area contributed by atoms with Crippen molar-refractivity contribution < 1.29 is 0 Å². The molecular formula is C39H53BN2. The molecule has 1 saturated heterocycles. The maximum Gasteiger partial charge on any atom is 0.407 e. The highest BCUT2D eigenvalue weighted by atomic mass is 15.3. The molecule has 3 aromatic carbocycles. The summed E-state index contributed by atoms with van der Waals surface area (Å²) in [5.74, 6) is 1.77. The van der Waals surface area contributed by atoms with Gasteiger partial charge in [0.15, 0.2) is 0 Å². The highest BCUT2D eigenvalue weighted by molar-refractivity contribution is 6.76. The van der Waals surface area contributed by atoms with Crippen LogP contribution in [0.2, 0.25) is 0 Å². The lowest BCUT2D eigenvalue weighted by Crippen LogP contribution is -2.47. The molecule has 0 amide bonds. The van der Waals surface area contributed by atoms with Gasteiger partial charge in [-0.3, -0.25) is 0 Å². The van der Waals surface area contributed by atoms with Crippen LogP contribution in [0.3, 0.4) is 0 Å². The van der Waals surface area contributed by atoms with Gasteiger partial charge in [-0.25, -0.2) is 0 Å². The van der Waals surface area contributed by atoms with Crippen molar-refractivity contribution in [1.29, 1.82) is 0 Å². The quantitative estimate of drug-likeness (QED) is 0.180. The zero-order valence-corrected chi connectivity index (χ0v) is 28.0. The van der Waals surface area contributed by atoms with E-state index < -0.39 is 0 Å². The first kappa shape index (κ1) is 31.7. The van der Waals surface area contributed by atoms with Crippen molar-refractivity contribution in [2.24, 2.45) is 0 Å². The lowest BCUT2D eigenvalue weighted by atomic mass is 9.61. The summed E-state index contributed by atoms with van der Waals surface area (Å²) >= 11 is 0. The third kappa shape index (κ3) is 6.26. The van der Waals surface area contributed by atoms with Crippen LogP contribution < -0.4 is 9.62 Å². The Balaban J connectivity index is 2.06. The first-order chi connectivity index (χ1) is 20.0. The van der Waals surface area contributed by atoms with Gasteiger partial charge in [-0.1, -0.05) is 133 Å². The van der Waals surface area contributed by atoms with Crippen molar-refractivity contribution in [2.45, 2.75) is 99.3 Å². The molecular weight excluding hydrogens is 507 g/mol. The Labute approximate surface area is 257 Å². The van der Waals surface area contributed by atoms with E-state index in [1.807, 2.05) is 0 Å². The molecule has 0 spiro atoms. The van der Waals surface area contributed by atoms with E-state index in [2.05, 4.69) is 152 Å². The third-order valence-corrected chi connectivity index (χ3v) is 9.04. The lowest BCUT2D eigenvalue weighted by Gasteiger charge is -2.37. The molecule has 1 aliphatic heterocycles. The predicted molar refractivity (Wildman–Crippen MR) is 188 cm³/mol. The molecule has 0 aliphatic carbocycles. The topological polar surface area (TPSA) is 6.48 Å². The van der Waals surface area contributed by atoms with Crippen molar-refractivity contribution in [3.05, 3.63) is 112 Å². The molecule has 0 aromatic heterocycles. The minimum absolute atomic E-state index is 0.107. The van der Waals surface area contributed by atoms with E-state index in [4.69, 9.17) is 0 Å². The van der Waals surface area contributed by atoms with Crippen LogP contribution in [-0.2, 0) is 0 Å². The Bertz CT molecular complexity index is 1290. The lowest BCUT2D eigenvalue weighted by molar-refractivity contribution is 0.821. The summed E-state index contributed by atoms with van der Waals surface area (Å²) in [7, 11) is 0. The first-order valence-electron chi connectivity index (χ1n) is 16.1. The predicted octanol–water partition coefficient (Wildman–Crippen LogP) is 10.9. The normalized spacial score (nSPS) is 14.6. The summed E-state index contributed by atoms with van der Waals surface area (Å²) in [6.45, 7) is 29.6. The van der Waals surface area contributed by atoms with Gasteiger partial charge in [-0.05, 0) is 77.3 Å². The molecule has 1 aliphatic rings. The van der Waals surface area contributed by atoms with E-state index in [1.54, 1.807) is 0 Å². The molecule has 4 rings (SSSR count). The monoisotopic (exact) mass is 560 g/mol. The molecule has 0 atom stereocenters. The minimum Gasteiger partial charge on any atom is -0.390 e. The Morgan fingerprint density at radius 1 is 0.690 bits per heavy atom. The van der Waals surface area contributed by atoms with Gasteiger partial charge < -0.3 is 9.62 Å². The SMILES string of the molecule is C=CC/C(=C(/C)B1N(c2c(C(C)C)cccc2C(C)C)CCN1c1c(C(C)C)cccc1C(C)C)c1ccc(C)cc1. The van der Waals surface area contributed by atoms with Crippen molar-refractivity contribution >= 4 is 23.9 Å². The van der Waals surface area contributed by atoms with Crippen LogP contribution >= 0.6 is 0 Å². The second kappa shape index (κ2) is 13.4. The fourth-order valence-electron chi connectivity index (χ4n) is 6.81. The zero-order valence-electron chi connectivity index (χ0n) is 28.0. The molecule has 0 N–H and O–H groups in total. The van der Waals surface area contributed by atoms with Crippen LogP contribution in [0, 0.1) is 6.92 Å². The van der Waals surface area contributed by atoms with Crippen molar-refractivity contribution in [1.82, 2.24) is 0 Å². The molecule has 3 heteroatoms. The van der Waals surface area contributed by atoms with Crippen LogP contribution in [-0.4, -0.2) is 20.1 Å². The van der Waals surface area contributed by atoms with Crippen LogP contribution in [0.15, 0.2) is 78.8 Å². The smallest absolute Gasteiger partial charge is 0.390 e. The number of hydrogen-bond acceptors (Lipinski definition) is 2. The maximum absolute atomic E-state index is 4.19. The summed E-state index contributed by atoms with van der Waals surface area (Å²) in [6, 6.07) is 23.0. The van der Waals surface area contributed by atoms with E-state index >= 15 is 0 Å². The second-order valence-corrected chi connectivity index (χ2v) is 13.5. The van der Waals surface area contributed by atoms with E-state index in [0.29, 0.717) is 23.7 Å². The van der Waals surface area contributed by atoms with Crippen LogP contribution in [0.5, 0.6) is 0 Å². The van der Waals surface area contributed by atoms with E-state index in [-0.39, 0.29) is 6.98 Å². The van der Waals surface area contributed by atoms with Gasteiger partial charge in [0.1, 0.15) is 0 Å². The molecule has 0 saturated carbocycles. The number of aryl methyl sites for hydroxylation is 1. The fourth-order valence-corrected chi connectivity index (χ4v) is 6.81. The zero-order chi connectivity index (χ0) is 30.7. The number of anilines is 2. The third-order valence-electron chi connectivity index (χ3n) is 9.04. The average Bonchev–Trinajstić information content (AvgIpc) is 3.39. The number of rotatable bonds is 10. The van der Waals surface area contributed by atoms with Gasteiger partial charge in [0, 0.05) is 24.5 Å². The molecule has 0 radical (unpaired) electrons. The van der Waals surface area contributed by atoms with Gasteiger partial charge >= 0.3 is 6.98 Å². The molecule has 1 heterocycles. The summed E-state index contributed by atoms with van der Waals surface area (Å²) in [6.07, 6.45) is 2.92. The summed E-state index contributed by atoms with van der Waals surface area (Å²) in [4.78, 5) is 5.50. The average molecular weight is 561 g/mol. The second-order valence-electron chi connectivity index (χ2n) is 13.5. The number of para-hydroxylation sites is 2. The molecule has 0 unspecified atom stereocenters. The summed E-state index contributed by atoms with van der Waals surface area (Å²) in [5, 5.41) is 0. The van der Waals surface area contributed by atoms with Gasteiger partial charge in [-0.15, -0.1) is 6.58 Å². The number of allylic oxidation sites excluding steroid dienone is 3. The van der Waals surface area contributed by atoms with Crippen LogP contribution in [0.4, 0.5) is 11.4 Å². The van der Waals surface area contributed by atoms with Crippen molar-refractivity contribution in [3.63, 3.8) is 0 Å².